The van der Waals surface area contributed by atoms with E-state index in [1.807, 2.05) is 24.6 Å². The lowest BCUT2D eigenvalue weighted by Gasteiger charge is -2.06. The van der Waals surface area contributed by atoms with E-state index >= 15 is 0 Å². The molecule has 0 saturated carbocycles. The second-order valence-electron chi connectivity index (χ2n) is 9.31. The van der Waals surface area contributed by atoms with Crippen LogP contribution in [0.15, 0.2) is 74.4 Å². The first-order chi connectivity index (χ1) is 23.3. The van der Waals surface area contributed by atoms with Gasteiger partial charge in [0.1, 0.15) is 16.5 Å². The molecule has 6 aromatic heterocycles. The zero-order valence-electron chi connectivity index (χ0n) is 26.7. The summed E-state index contributed by atoms with van der Waals surface area (Å²) in [5.41, 5.74) is 25.9. The first-order valence-electron chi connectivity index (χ1n) is 13.6. The zero-order valence-corrected chi connectivity index (χ0v) is 27.4. The minimum Gasteiger partial charge on any atom is -0.400 e. The molecule has 0 aliphatic carbocycles. The van der Waals surface area contributed by atoms with Crippen LogP contribution in [0.25, 0.3) is 11.4 Å². The summed E-state index contributed by atoms with van der Waals surface area (Å²) in [4.78, 5) is 45.8. The molecule has 266 valence electrons. The summed E-state index contributed by atoms with van der Waals surface area (Å²) in [5.74, 6) is 0.0743. The Bertz CT molecular complexity index is 1940. The van der Waals surface area contributed by atoms with E-state index < -0.39 is 9.85 Å². The third kappa shape index (κ3) is 11.5. The monoisotopic (exact) mass is 711 g/mol. The van der Waals surface area contributed by atoms with E-state index in [0.29, 0.717) is 17.2 Å². The molecule has 0 fully saturated rings. The largest absolute Gasteiger partial charge is 0.400 e. The summed E-state index contributed by atoms with van der Waals surface area (Å²) >= 11 is 5.46. The number of halogens is 1. The molecule has 6 rings (SSSR count). The van der Waals surface area contributed by atoms with Gasteiger partial charge in [0, 0.05) is 50.0 Å². The number of pyridine rings is 3. The van der Waals surface area contributed by atoms with Crippen molar-refractivity contribution in [2.45, 2.75) is 28.2 Å². The number of nitrogens with zero attached hydrogens (tertiary/aromatic N) is 10. The van der Waals surface area contributed by atoms with E-state index in [1.165, 1.54) is 30.9 Å². The quantitative estimate of drug-likeness (QED) is 0.111. The van der Waals surface area contributed by atoms with Crippen molar-refractivity contribution in [3.63, 3.8) is 0 Å². The second kappa shape index (κ2) is 19.9. The molecule has 21 heteroatoms. The van der Waals surface area contributed by atoms with Crippen molar-refractivity contribution in [3.8, 4) is 11.4 Å². The van der Waals surface area contributed by atoms with Gasteiger partial charge >= 0.3 is 11.4 Å². The van der Waals surface area contributed by atoms with Crippen molar-refractivity contribution in [2.24, 2.45) is 0 Å². The average Bonchev–Trinajstić information content (AvgIpc) is 3.83. The number of H-pyrrole nitrogens is 1. The van der Waals surface area contributed by atoms with Gasteiger partial charge in [-0.25, -0.2) is 29.9 Å². The summed E-state index contributed by atoms with van der Waals surface area (Å²) in [7, 11) is 1.00. The molecule has 0 bridgehead atoms. The molecule has 0 aliphatic heterocycles. The summed E-state index contributed by atoms with van der Waals surface area (Å²) in [6, 6.07) is 4.64. The zero-order chi connectivity index (χ0) is 36.7. The maximum Gasteiger partial charge on any atom is 0.334 e. The van der Waals surface area contributed by atoms with Crippen LogP contribution in [0.3, 0.4) is 0 Å². The number of hydrogen-bond donors (Lipinski definition) is 6. The van der Waals surface area contributed by atoms with Crippen LogP contribution in [-0.4, -0.2) is 66.1 Å². The van der Waals surface area contributed by atoms with Crippen LogP contribution in [0.4, 0.5) is 34.5 Å². The Hall–Kier alpha value is -6.67. The number of anilines is 4. The van der Waals surface area contributed by atoms with E-state index in [1.54, 1.807) is 48.8 Å². The maximum absolute atomic E-state index is 10.9. The van der Waals surface area contributed by atoms with Crippen molar-refractivity contribution in [3.05, 3.63) is 117 Å². The van der Waals surface area contributed by atoms with Gasteiger partial charge in [-0.3, -0.25) is 24.8 Å². The molecule has 20 nitrogen and oxygen atoms in total. The SMILES string of the molecule is C.CO.Cc1cn(-c2ccnc(N)c2N)cn1.Cc1cn(-c2ccnc(N)c2[N+](=O)[O-])cn1.Cc1cnc[nH]1.Nc1nccc(Cl)c1[N+](=O)[O-]. The number of nitrogen functional groups attached to an aromatic ring is 4. The van der Waals surface area contributed by atoms with E-state index in [2.05, 4.69) is 34.9 Å². The van der Waals surface area contributed by atoms with E-state index in [9.17, 15) is 20.2 Å². The van der Waals surface area contributed by atoms with Crippen LogP contribution < -0.4 is 22.9 Å². The topological polar surface area (TPSA) is 314 Å². The molecule has 0 atom stereocenters. The van der Waals surface area contributed by atoms with E-state index in [0.717, 1.165) is 29.9 Å². The van der Waals surface area contributed by atoms with Crippen LogP contribution in [-0.2, 0) is 0 Å². The summed E-state index contributed by atoms with van der Waals surface area (Å²) in [6.45, 7) is 5.68. The summed E-state index contributed by atoms with van der Waals surface area (Å²) < 4.78 is 3.37. The van der Waals surface area contributed by atoms with E-state index in [4.69, 9.17) is 39.6 Å². The third-order valence-electron chi connectivity index (χ3n) is 5.81. The number of imidazole rings is 3. The van der Waals surface area contributed by atoms with Gasteiger partial charge in [-0.05, 0) is 39.0 Å². The fourth-order valence-corrected chi connectivity index (χ4v) is 3.84. The molecule has 50 heavy (non-hydrogen) atoms. The Labute approximate surface area is 291 Å². The standard InChI is InChI=1S/C9H9N5O2.C9H11N5.C5H4ClN3O2.C4H6N2.CH4O.CH4/c1-6-4-13(5-12-6)7-2-3-11-9(10)8(7)14(15)16;1-6-4-14(5-13-6)7-2-3-12-9(11)8(7)10;6-3-1-2-8-5(7)4(3)9(10)11;1-4-2-5-3-6-4;1-2;/h2-5H,1H3,(H2,10,11);2-5H,10H2,1H3,(H2,11,12);1-2H,(H2,7,8);2-3H,1H3,(H,5,6);2H,1H3;1H4. The van der Waals surface area contributed by atoms with Gasteiger partial charge in [0.25, 0.3) is 0 Å². The Balaban J connectivity index is 0.000000339. The van der Waals surface area contributed by atoms with Crippen LogP contribution in [0.5, 0.6) is 0 Å². The first kappa shape index (κ1) is 41.4. The highest BCUT2D eigenvalue weighted by molar-refractivity contribution is 6.33. The third-order valence-corrected chi connectivity index (χ3v) is 6.12. The fourth-order valence-electron chi connectivity index (χ4n) is 3.62. The summed E-state index contributed by atoms with van der Waals surface area (Å²) in [6.07, 6.45) is 14.5. The molecule has 0 aromatic carbocycles. The summed E-state index contributed by atoms with van der Waals surface area (Å²) in [5, 5.41) is 28.1. The number of rotatable bonds is 4. The molecular weight excluding hydrogens is 674 g/mol. The molecule has 0 unspecified atom stereocenters. The highest BCUT2D eigenvalue weighted by atomic mass is 35.5. The lowest BCUT2D eigenvalue weighted by Crippen LogP contribution is -2.03. The van der Waals surface area contributed by atoms with Crippen LogP contribution >= 0.6 is 11.6 Å². The van der Waals surface area contributed by atoms with Crippen molar-refractivity contribution in [2.75, 3.05) is 30.0 Å². The lowest BCUT2D eigenvalue weighted by molar-refractivity contribution is -0.384. The van der Waals surface area contributed by atoms with Gasteiger partial charge in [0.05, 0.1) is 51.6 Å². The number of nitro groups is 2. The lowest BCUT2D eigenvalue weighted by atomic mass is 10.3. The number of aryl methyl sites for hydroxylation is 3. The Morgan fingerprint density at radius 1 is 0.740 bits per heavy atom. The number of aromatic nitrogens is 9. The minimum absolute atomic E-state index is 0. The first-order valence-corrected chi connectivity index (χ1v) is 14.0. The molecule has 0 radical (unpaired) electrons. The molecule has 10 N–H and O–H groups in total. The average molecular weight is 712 g/mol. The van der Waals surface area contributed by atoms with Crippen LogP contribution in [0, 0.1) is 41.0 Å². The molecule has 0 spiro atoms. The molecule has 6 aromatic rings. The number of nitrogens with two attached hydrogens (primary N) is 4. The molecule has 0 amide bonds. The van der Waals surface area contributed by atoms with Crippen LogP contribution in [0.1, 0.15) is 24.5 Å². The van der Waals surface area contributed by atoms with Crippen molar-refractivity contribution >= 4 is 46.1 Å². The fraction of sp³-hybridized carbons (Fsp3) is 0.172. The molecule has 0 saturated heterocycles. The van der Waals surface area contributed by atoms with Gasteiger partial charge in [-0.1, -0.05) is 19.0 Å². The van der Waals surface area contributed by atoms with Crippen LogP contribution in [0.2, 0.25) is 5.02 Å². The Morgan fingerprint density at radius 2 is 1.20 bits per heavy atom. The predicted octanol–water partition coefficient (Wildman–Crippen LogP) is 3.99. The molecular formula is C29H38ClN15O5. The second-order valence-corrected chi connectivity index (χ2v) is 9.72. The number of hydrogen-bond acceptors (Lipinski definition) is 15. The maximum atomic E-state index is 10.9. The number of aromatic amines is 1. The Kier molecular flexibility index (Phi) is 16.4. The minimum atomic E-state index is -0.662. The smallest absolute Gasteiger partial charge is 0.334 e. The van der Waals surface area contributed by atoms with Crippen molar-refractivity contribution in [1.29, 1.82) is 0 Å². The van der Waals surface area contributed by atoms with Crippen molar-refractivity contribution in [1.82, 2.24) is 44.0 Å². The normalized spacial score (nSPS) is 9.48. The molecule has 6 heterocycles. The van der Waals surface area contributed by atoms with Gasteiger partial charge in [-0.15, -0.1) is 0 Å². The van der Waals surface area contributed by atoms with Crippen molar-refractivity contribution < 1.29 is 15.0 Å². The van der Waals surface area contributed by atoms with Gasteiger partial charge in [-0.2, -0.15) is 0 Å². The Morgan fingerprint density at radius 3 is 1.58 bits per heavy atom. The number of nitrogens with one attached hydrogen (secondary N) is 1. The molecule has 0 aliphatic rings. The van der Waals surface area contributed by atoms with E-state index in [-0.39, 0.29) is 35.5 Å². The van der Waals surface area contributed by atoms with Gasteiger partial charge in [0.2, 0.25) is 11.6 Å². The van der Waals surface area contributed by atoms with Gasteiger partial charge in [0.15, 0.2) is 0 Å². The number of aliphatic hydroxyl groups is 1. The van der Waals surface area contributed by atoms with Gasteiger partial charge < -0.3 is 37.6 Å². The highest BCUT2D eigenvalue weighted by Gasteiger charge is 2.20. The number of aliphatic hydroxyl groups excluding tert-OH is 1. The highest BCUT2D eigenvalue weighted by Crippen LogP contribution is 2.28. The predicted molar refractivity (Wildman–Crippen MR) is 191 cm³/mol.